The van der Waals surface area contributed by atoms with Crippen molar-refractivity contribution in [1.29, 1.82) is 0 Å². The van der Waals surface area contributed by atoms with E-state index >= 15 is 0 Å². The summed E-state index contributed by atoms with van der Waals surface area (Å²) in [6, 6.07) is 3.90. The zero-order valence-electron chi connectivity index (χ0n) is 11.9. The number of hydrogen-bond donors (Lipinski definition) is 0. The molecule has 0 aliphatic carbocycles. The fourth-order valence-electron chi connectivity index (χ4n) is 2.44. The number of thiophene rings is 1. The van der Waals surface area contributed by atoms with Gasteiger partial charge in [0, 0.05) is 13.1 Å². The molecule has 0 amide bonds. The van der Waals surface area contributed by atoms with Crippen molar-refractivity contribution in [1.82, 2.24) is 15.0 Å². The molecule has 1 aliphatic heterocycles. The minimum Gasteiger partial charge on any atom is -0.378 e. The summed E-state index contributed by atoms with van der Waals surface area (Å²) in [5.74, 6) is 1.68. The Morgan fingerprint density at radius 1 is 1.14 bits per heavy atom. The van der Waals surface area contributed by atoms with Gasteiger partial charge < -0.3 is 9.64 Å². The van der Waals surface area contributed by atoms with Crippen LogP contribution >= 0.6 is 34.3 Å². The van der Waals surface area contributed by atoms with Crippen LogP contribution in [0.4, 0.5) is 5.82 Å². The third kappa shape index (κ3) is 2.58. The summed E-state index contributed by atoms with van der Waals surface area (Å²) in [6.45, 7) is 5.04. The molecule has 0 spiro atoms. The first-order valence-electron chi connectivity index (χ1n) is 6.94. The van der Waals surface area contributed by atoms with Gasteiger partial charge in [0.1, 0.15) is 21.2 Å². The SMILES string of the molecule is Cc1nc(N2CCOCC2)c2nc(-c3ccc(Cl)s3)sc2n1. The second-order valence-corrected chi connectivity index (χ2v) is 7.66. The van der Waals surface area contributed by atoms with Crippen molar-refractivity contribution in [3.05, 3.63) is 22.3 Å². The average molecular weight is 353 g/mol. The van der Waals surface area contributed by atoms with Gasteiger partial charge in [0.25, 0.3) is 0 Å². The molecule has 8 heteroatoms. The normalized spacial score (nSPS) is 15.6. The topological polar surface area (TPSA) is 51.1 Å². The van der Waals surface area contributed by atoms with E-state index < -0.39 is 0 Å². The maximum atomic E-state index is 6.03. The third-order valence-corrected chi connectivity index (χ3v) is 5.80. The largest absolute Gasteiger partial charge is 0.378 e. The van der Waals surface area contributed by atoms with Crippen LogP contribution in [0.5, 0.6) is 0 Å². The van der Waals surface area contributed by atoms with E-state index in [0.717, 1.165) is 62.5 Å². The van der Waals surface area contributed by atoms with Gasteiger partial charge in [-0.25, -0.2) is 15.0 Å². The summed E-state index contributed by atoms with van der Waals surface area (Å²) in [5, 5.41) is 0.946. The van der Waals surface area contributed by atoms with Crippen molar-refractivity contribution in [2.45, 2.75) is 6.92 Å². The van der Waals surface area contributed by atoms with E-state index in [1.54, 1.807) is 11.3 Å². The minimum atomic E-state index is 0.724. The van der Waals surface area contributed by atoms with Crippen molar-refractivity contribution < 1.29 is 4.74 Å². The Labute approximate surface area is 140 Å². The number of rotatable bonds is 2. The molecule has 4 rings (SSSR count). The maximum absolute atomic E-state index is 6.03. The van der Waals surface area contributed by atoms with Gasteiger partial charge in [-0.05, 0) is 19.1 Å². The molecule has 3 aromatic rings. The standard InChI is InChI=1S/C14H13ClN4OS2/c1-8-16-12(19-4-6-20-7-5-19)11-14(17-8)22-13(18-11)9-2-3-10(15)21-9/h2-3H,4-7H2,1H3. The molecule has 4 heterocycles. The summed E-state index contributed by atoms with van der Waals surface area (Å²) in [5.41, 5.74) is 0.872. The molecule has 1 fully saturated rings. The Morgan fingerprint density at radius 2 is 1.95 bits per heavy atom. The van der Waals surface area contributed by atoms with Crippen LogP contribution in [0, 0.1) is 6.92 Å². The van der Waals surface area contributed by atoms with Gasteiger partial charge in [-0.3, -0.25) is 0 Å². The van der Waals surface area contributed by atoms with Crippen LogP contribution in [-0.4, -0.2) is 41.3 Å². The van der Waals surface area contributed by atoms with Crippen LogP contribution in [0.25, 0.3) is 20.2 Å². The van der Waals surface area contributed by atoms with Gasteiger partial charge in [-0.1, -0.05) is 22.9 Å². The highest BCUT2D eigenvalue weighted by Gasteiger charge is 2.20. The summed E-state index contributed by atoms with van der Waals surface area (Å²) < 4.78 is 6.19. The lowest BCUT2D eigenvalue weighted by molar-refractivity contribution is 0.122. The van der Waals surface area contributed by atoms with Gasteiger partial charge >= 0.3 is 0 Å². The number of morpholine rings is 1. The van der Waals surface area contributed by atoms with E-state index in [2.05, 4.69) is 14.9 Å². The molecule has 0 unspecified atom stereocenters. The molecule has 0 aromatic carbocycles. The Hall–Kier alpha value is -1.28. The summed E-state index contributed by atoms with van der Waals surface area (Å²) >= 11 is 9.15. The van der Waals surface area contributed by atoms with Gasteiger partial charge in [-0.2, -0.15) is 0 Å². The highest BCUT2D eigenvalue weighted by atomic mass is 35.5. The molecule has 114 valence electrons. The van der Waals surface area contributed by atoms with E-state index in [-0.39, 0.29) is 0 Å². The first-order chi connectivity index (χ1) is 10.7. The van der Waals surface area contributed by atoms with E-state index in [9.17, 15) is 0 Å². The fraction of sp³-hybridized carbons (Fsp3) is 0.357. The number of hydrogen-bond acceptors (Lipinski definition) is 7. The third-order valence-electron chi connectivity index (χ3n) is 3.45. The number of halogens is 1. The van der Waals surface area contributed by atoms with Crippen LogP contribution in [-0.2, 0) is 4.74 Å². The van der Waals surface area contributed by atoms with Crippen molar-refractivity contribution in [3.63, 3.8) is 0 Å². The maximum Gasteiger partial charge on any atom is 0.160 e. The van der Waals surface area contributed by atoms with Gasteiger partial charge in [0.15, 0.2) is 5.82 Å². The molecule has 0 N–H and O–H groups in total. The predicted octanol–water partition coefficient (Wildman–Crippen LogP) is 3.61. The molecule has 0 bridgehead atoms. The predicted molar refractivity (Wildman–Crippen MR) is 91.3 cm³/mol. The van der Waals surface area contributed by atoms with Crippen molar-refractivity contribution in [3.8, 4) is 9.88 Å². The Bertz CT molecular complexity index is 825. The number of thiazole rings is 1. The van der Waals surface area contributed by atoms with Crippen molar-refractivity contribution in [2.75, 3.05) is 31.2 Å². The minimum absolute atomic E-state index is 0.724. The lowest BCUT2D eigenvalue weighted by atomic mass is 10.3. The zero-order valence-corrected chi connectivity index (χ0v) is 14.3. The molecule has 0 atom stereocenters. The van der Waals surface area contributed by atoms with E-state index in [1.807, 2.05) is 19.1 Å². The highest BCUT2D eigenvalue weighted by Crippen LogP contribution is 2.37. The number of ether oxygens (including phenoxy) is 1. The average Bonchev–Trinajstić information content (AvgIpc) is 3.13. The Kier molecular flexibility index (Phi) is 3.73. The Balaban J connectivity index is 1.84. The molecule has 5 nitrogen and oxygen atoms in total. The molecule has 1 saturated heterocycles. The summed E-state index contributed by atoms with van der Waals surface area (Å²) in [6.07, 6.45) is 0. The molecular formula is C14H13ClN4OS2. The molecule has 0 radical (unpaired) electrons. The molecule has 22 heavy (non-hydrogen) atoms. The number of fused-ring (bicyclic) bond motifs is 1. The van der Waals surface area contributed by atoms with Crippen LogP contribution in [0.2, 0.25) is 4.34 Å². The zero-order chi connectivity index (χ0) is 15.1. The first-order valence-corrected chi connectivity index (χ1v) is 8.95. The van der Waals surface area contributed by atoms with Crippen LogP contribution < -0.4 is 4.90 Å². The van der Waals surface area contributed by atoms with E-state index in [4.69, 9.17) is 21.3 Å². The lowest BCUT2D eigenvalue weighted by Gasteiger charge is -2.27. The summed E-state index contributed by atoms with van der Waals surface area (Å²) in [4.78, 5) is 18.2. The monoisotopic (exact) mass is 352 g/mol. The second kappa shape index (κ2) is 5.73. The highest BCUT2D eigenvalue weighted by molar-refractivity contribution is 7.26. The fourth-order valence-corrected chi connectivity index (χ4v) is 4.52. The molecule has 0 saturated carbocycles. The molecule has 1 aliphatic rings. The smallest absolute Gasteiger partial charge is 0.160 e. The van der Waals surface area contributed by atoms with Crippen LogP contribution in [0.3, 0.4) is 0 Å². The number of aromatic nitrogens is 3. The molecular weight excluding hydrogens is 340 g/mol. The van der Waals surface area contributed by atoms with E-state index in [0.29, 0.717) is 0 Å². The van der Waals surface area contributed by atoms with Crippen molar-refractivity contribution in [2.24, 2.45) is 0 Å². The van der Waals surface area contributed by atoms with E-state index in [1.165, 1.54) is 11.3 Å². The Morgan fingerprint density at radius 3 is 2.68 bits per heavy atom. The number of aryl methyl sites for hydroxylation is 1. The molecule has 3 aromatic heterocycles. The van der Waals surface area contributed by atoms with Gasteiger partial charge in [0.2, 0.25) is 0 Å². The van der Waals surface area contributed by atoms with Gasteiger partial charge in [0.05, 0.1) is 22.4 Å². The first kappa shape index (κ1) is 14.3. The van der Waals surface area contributed by atoms with Crippen LogP contribution in [0.15, 0.2) is 12.1 Å². The van der Waals surface area contributed by atoms with Crippen LogP contribution in [0.1, 0.15) is 5.82 Å². The summed E-state index contributed by atoms with van der Waals surface area (Å²) in [7, 11) is 0. The number of nitrogens with zero attached hydrogens (tertiary/aromatic N) is 4. The number of anilines is 1. The second-order valence-electron chi connectivity index (χ2n) is 4.97. The van der Waals surface area contributed by atoms with Gasteiger partial charge in [-0.15, -0.1) is 11.3 Å². The lowest BCUT2D eigenvalue weighted by Crippen LogP contribution is -2.37. The van der Waals surface area contributed by atoms with Crippen molar-refractivity contribution >= 4 is 50.4 Å². The quantitative estimate of drug-likeness (QED) is 0.705.